The first-order valence-electron chi connectivity index (χ1n) is 13.0. The Labute approximate surface area is 223 Å². The lowest BCUT2D eigenvalue weighted by Crippen LogP contribution is -2.31. The summed E-state index contributed by atoms with van der Waals surface area (Å²) < 4.78 is 80.3. The van der Waals surface area contributed by atoms with Crippen LogP contribution in [0.4, 0.5) is 32.2 Å². The second kappa shape index (κ2) is 10.2. The molecule has 10 heteroatoms. The van der Waals surface area contributed by atoms with E-state index in [-0.39, 0.29) is 18.2 Å². The quantitative estimate of drug-likeness (QED) is 0.154. The zero-order valence-corrected chi connectivity index (χ0v) is 21.4. The molecule has 0 amide bonds. The summed E-state index contributed by atoms with van der Waals surface area (Å²) in [7, 11) is 0. The van der Waals surface area contributed by atoms with Gasteiger partial charge in [0, 0.05) is 24.0 Å². The highest BCUT2D eigenvalue weighted by Crippen LogP contribution is 2.39. The van der Waals surface area contributed by atoms with Crippen LogP contribution in [0.2, 0.25) is 0 Å². The molecule has 0 N–H and O–H groups in total. The number of fused-ring (bicyclic) bond motifs is 1. The normalized spacial score (nSPS) is 15.8. The van der Waals surface area contributed by atoms with Gasteiger partial charge in [0.25, 0.3) is 0 Å². The fraction of sp³-hybridized carbons (Fsp3) is 0.448. The van der Waals surface area contributed by atoms with Crippen molar-refractivity contribution in [1.29, 1.82) is 0 Å². The number of hydrogen-bond acceptors (Lipinski definition) is 3. The first-order chi connectivity index (χ1) is 18.4. The Kier molecular flexibility index (Phi) is 7.12. The van der Waals surface area contributed by atoms with Crippen LogP contribution in [-0.2, 0) is 25.4 Å². The predicted octanol–water partition coefficient (Wildman–Crippen LogP) is 8.04. The molecule has 1 aromatic heterocycles. The summed E-state index contributed by atoms with van der Waals surface area (Å²) in [5, 5.41) is 2.04. The Bertz CT molecular complexity index is 1350. The van der Waals surface area contributed by atoms with E-state index in [4.69, 9.17) is 11.6 Å². The topological polar surface area (TPSA) is 23.7 Å². The van der Waals surface area contributed by atoms with Crippen LogP contribution in [0.3, 0.4) is 0 Å². The second-order valence-electron chi connectivity index (χ2n) is 10.7. The van der Waals surface area contributed by atoms with Crippen LogP contribution < -0.4 is 4.90 Å². The molecular formula is C29H28F6N4. The van der Waals surface area contributed by atoms with Gasteiger partial charge in [0.05, 0.1) is 16.6 Å². The van der Waals surface area contributed by atoms with Gasteiger partial charge < -0.3 is 4.90 Å². The van der Waals surface area contributed by atoms with E-state index in [0.29, 0.717) is 24.0 Å². The summed E-state index contributed by atoms with van der Waals surface area (Å²) in [6.07, 6.45) is -5.30. The summed E-state index contributed by atoms with van der Waals surface area (Å²) in [6.45, 7) is 11.0. The van der Waals surface area contributed by atoms with E-state index in [1.165, 1.54) is 5.01 Å². The molecule has 39 heavy (non-hydrogen) atoms. The molecule has 0 radical (unpaired) electrons. The van der Waals surface area contributed by atoms with Crippen molar-refractivity contribution in [2.24, 2.45) is 11.8 Å². The number of para-hydroxylation sites is 1. The van der Waals surface area contributed by atoms with Crippen LogP contribution in [0.1, 0.15) is 53.5 Å². The minimum Gasteiger partial charge on any atom is -0.356 e. The third kappa shape index (κ3) is 6.57. The Morgan fingerprint density at radius 3 is 1.97 bits per heavy atom. The maximum Gasteiger partial charge on any atom is 0.416 e. The van der Waals surface area contributed by atoms with Crippen molar-refractivity contribution in [1.82, 2.24) is 9.99 Å². The van der Waals surface area contributed by atoms with Gasteiger partial charge in [0.15, 0.2) is 0 Å². The van der Waals surface area contributed by atoms with E-state index in [2.05, 4.69) is 9.85 Å². The van der Waals surface area contributed by atoms with E-state index in [0.717, 1.165) is 66.6 Å². The summed E-state index contributed by atoms with van der Waals surface area (Å²) in [5.41, 5.74) is -0.430. The van der Waals surface area contributed by atoms with Crippen LogP contribution in [-0.4, -0.2) is 23.1 Å². The number of halogens is 6. The summed E-state index contributed by atoms with van der Waals surface area (Å²) in [5.74, 6) is 1.90. The van der Waals surface area contributed by atoms with E-state index < -0.39 is 30.0 Å². The summed E-state index contributed by atoms with van der Waals surface area (Å²) in [4.78, 5) is 10.8. The molecule has 3 aromatic rings. The highest BCUT2D eigenvalue weighted by atomic mass is 19.4. The number of aromatic nitrogens is 1. The smallest absolute Gasteiger partial charge is 0.356 e. The molecule has 0 bridgehead atoms. The van der Waals surface area contributed by atoms with Crippen molar-refractivity contribution in [2.75, 3.05) is 18.0 Å². The van der Waals surface area contributed by atoms with Gasteiger partial charge in [0.1, 0.15) is 18.9 Å². The van der Waals surface area contributed by atoms with Crippen LogP contribution in [0.15, 0.2) is 42.5 Å². The van der Waals surface area contributed by atoms with Crippen molar-refractivity contribution < 1.29 is 26.3 Å². The summed E-state index contributed by atoms with van der Waals surface area (Å²) >= 11 is 0. The van der Waals surface area contributed by atoms with Gasteiger partial charge in [-0.15, -0.1) is 5.01 Å². The lowest BCUT2D eigenvalue weighted by molar-refractivity contribution is -0.143. The average Bonchev–Trinajstić information content (AvgIpc) is 3.79. The zero-order chi connectivity index (χ0) is 27.9. The van der Waals surface area contributed by atoms with Gasteiger partial charge in [0.2, 0.25) is 0 Å². The minimum absolute atomic E-state index is 0.0130. The third-order valence-corrected chi connectivity index (χ3v) is 7.26. The highest BCUT2D eigenvalue weighted by Gasteiger charge is 2.37. The van der Waals surface area contributed by atoms with Gasteiger partial charge in [-0.1, -0.05) is 18.2 Å². The molecule has 0 unspecified atom stereocenters. The van der Waals surface area contributed by atoms with Crippen molar-refractivity contribution >= 4 is 16.7 Å². The Morgan fingerprint density at radius 2 is 1.46 bits per heavy atom. The maximum absolute atomic E-state index is 13.4. The van der Waals surface area contributed by atoms with E-state index in [1.807, 2.05) is 31.2 Å². The van der Waals surface area contributed by atoms with Crippen molar-refractivity contribution in [2.45, 2.75) is 58.0 Å². The van der Waals surface area contributed by atoms with E-state index in [9.17, 15) is 26.3 Å². The number of anilines is 1. The Hall–Kier alpha value is -3.48. The lowest BCUT2D eigenvalue weighted by atomic mass is 10.0. The number of aryl methyl sites for hydroxylation is 1. The standard InChI is InChI=1S/C29H28F6N4/c1-18-4-3-5-22-12-23(27(37-26(18)22)38(14-19-6-7-19)15-20-8-9-20)17-39(36-2)16-21-10-24(28(30,31)32)13-25(11-21)29(33,34)35/h3-5,10-13,19-20H,6-9,14-17H2,1H3. The predicted molar refractivity (Wildman–Crippen MR) is 136 cm³/mol. The molecule has 0 spiro atoms. The summed E-state index contributed by atoms with van der Waals surface area (Å²) in [6, 6.07) is 9.21. The molecule has 2 aliphatic rings. The molecule has 0 saturated heterocycles. The van der Waals surface area contributed by atoms with Gasteiger partial charge in [-0.25, -0.2) is 4.98 Å². The first-order valence-corrected chi connectivity index (χ1v) is 13.0. The van der Waals surface area contributed by atoms with Crippen molar-refractivity contribution in [3.63, 3.8) is 0 Å². The number of rotatable bonds is 9. The number of nitrogens with zero attached hydrogens (tertiary/aromatic N) is 4. The van der Waals surface area contributed by atoms with Crippen LogP contribution in [0, 0.1) is 25.3 Å². The SMILES string of the molecule is [C-]#[N+]N(Cc1cc(C(F)(F)F)cc(C(F)(F)F)c1)Cc1cc2cccc(C)c2nc1N(CC1CC1)CC1CC1. The molecule has 206 valence electrons. The van der Waals surface area contributed by atoms with Crippen LogP contribution >= 0.6 is 0 Å². The van der Waals surface area contributed by atoms with Gasteiger partial charge in [-0.05, 0) is 79.8 Å². The molecule has 0 atom stereocenters. The van der Waals surface area contributed by atoms with Crippen molar-refractivity contribution in [3.8, 4) is 0 Å². The molecule has 1 heterocycles. The number of pyridine rings is 1. The number of benzene rings is 2. The largest absolute Gasteiger partial charge is 0.416 e. The Balaban J connectivity index is 1.51. The van der Waals surface area contributed by atoms with E-state index in [1.54, 1.807) is 0 Å². The molecule has 4 nitrogen and oxygen atoms in total. The van der Waals surface area contributed by atoms with Crippen LogP contribution in [0.5, 0.6) is 0 Å². The van der Waals surface area contributed by atoms with Crippen molar-refractivity contribution in [3.05, 3.63) is 81.8 Å². The molecule has 2 aromatic carbocycles. The first kappa shape index (κ1) is 27.1. The number of alkyl halides is 6. The minimum atomic E-state index is -4.95. The average molecular weight is 547 g/mol. The third-order valence-electron chi connectivity index (χ3n) is 7.26. The molecule has 5 rings (SSSR count). The maximum atomic E-state index is 13.4. The second-order valence-corrected chi connectivity index (χ2v) is 10.7. The van der Waals surface area contributed by atoms with E-state index >= 15 is 0 Å². The van der Waals surface area contributed by atoms with Gasteiger partial charge >= 0.3 is 12.4 Å². The zero-order valence-electron chi connectivity index (χ0n) is 21.4. The molecule has 2 fully saturated rings. The highest BCUT2D eigenvalue weighted by molar-refractivity contribution is 5.84. The van der Waals surface area contributed by atoms with Gasteiger partial charge in [-0.2, -0.15) is 37.9 Å². The lowest BCUT2D eigenvalue weighted by Gasteiger charge is -2.27. The molecular weight excluding hydrogens is 518 g/mol. The fourth-order valence-electron chi connectivity index (χ4n) is 4.89. The monoisotopic (exact) mass is 546 g/mol. The molecule has 0 aliphatic heterocycles. The van der Waals surface area contributed by atoms with Gasteiger partial charge in [-0.3, -0.25) is 0 Å². The number of hydrogen-bond donors (Lipinski definition) is 0. The van der Waals surface area contributed by atoms with Crippen LogP contribution in [0.25, 0.3) is 15.9 Å². The molecule has 2 saturated carbocycles. The fourth-order valence-corrected chi connectivity index (χ4v) is 4.89. The molecule has 2 aliphatic carbocycles. The Morgan fingerprint density at radius 1 is 0.872 bits per heavy atom.